The Morgan fingerprint density at radius 2 is 2.10 bits per heavy atom. The highest BCUT2D eigenvalue weighted by Gasteiger charge is 1.95. The Labute approximate surface area is 81.1 Å². The van der Waals surface area contributed by atoms with Crippen molar-refractivity contribution in [2.45, 2.75) is 5.33 Å². The number of benzene rings is 1. The van der Waals surface area contributed by atoms with Crippen LogP contribution in [-0.4, -0.2) is 0 Å². The normalized spacial score (nSPS) is 9.90. The van der Waals surface area contributed by atoms with Gasteiger partial charge in [-0.25, -0.2) is 4.39 Å². The number of hydrogen-bond donors (Lipinski definition) is 0. The lowest BCUT2D eigenvalue weighted by atomic mass is 10.2. The molecular weight excluding hydrogens is 310 g/mol. The molecule has 0 bridgehead atoms. The van der Waals surface area contributed by atoms with Crippen molar-refractivity contribution in [3.05, 3.63) is 33.1 Å². The minimum absolute atomic E-state index is 0.165. The summed E-state index contributed by atoms with van der Waals surface area (Å²) in [6.45, 7) is 0. The van der Waals surface area contributed by atoms with Crippen LogP contribution in [0.25, 0.3) is 0 Å². The van der Waals surface area contributed by atoms with E-state index in [9.17, 15) is 4.39 Å². The second-order valence-corrected chi connectivity index (χ2v) is 3.72. The lowest BCUT2D eigenvalue weighted by Gasteiger charge is -1.96. The Kier molecular flexibility index (Phi) is 3.10. The second-order valence-electron chi connectivity index (χ2n) is 1.91. The zero-order valence-electron chi connectivity index (χ0n) is 5.07. The Morgan fingerprint density at radius 1 is 1.40 bits per heavy atom. The Balaban J connectivity index is 3.06. The highest BCUT2D eigenvalue weighted by Crippen LogP contribution is 2.13. The molecular formula is C7H5BrFI. The van der Waals surface area contributed by atoms with Gasteiger partial charge in [-0.1, -0.05) is 15.9 Å². The largest absolute Gasteiger partial charge is 0.207 e. The summed E-state index contributed by atoms with van der Waals surface area (Å²) in [5.41, 5.74) is 0.976. The molecule has 0 saturated carbocycles. The molecule has 0 aromatic heterocycles. The minimum atomic E-state index is -0.165. The molecule has 0 radical (unpaired) electrons. The number of hydrogen-bond acceptors (Lipinski definition) is 0. The number of alkyl halides is 1. The van der Waals surface area contributed by atoms with Gasteiger partial charge in [0.15, 0.2) is 0 Å². The zero-order chi connectivity index (χ0) is 7.56. The van der Waals surface area contributed by atoms with Crippen LogP contribution in [0.1, 0.15) is 5.56 Å². The fourth-order valence-electron chi connectivity index (χ4n) is 0.688. The van der Waals surface area contributed by atoms with E-state index in [1.54, 1.807) is 0 Å². The first-order valence-electron chi connectivity index (χ1n) is 2.73. The molecule has 0 spiro atoms. The van der Waals surface area contributed by atoms with E-state index in [4.69, 9.17) is 0 Å². The van der Waals surface area contributed by atoms with Crippen molar-refractivity contribution in [1.82, 2.24) is 0 Å². The summed E-state index contributed by atoms with van der Waals surface area (Å²) in [6.07, 6.45) is 0. The van der Waals surface area contributed by atoms with E-state index in [0.717, 1.165) is 9.13 Å². The third-order valence-electron chi connectivity index (χ3n) is 1.08. The van der Waals surface area contributed by atoms with Crippen molar-refractivity contribution < 1.29 is 4.39 Å². The van der Waals surface area contributed by atoms with Crippen molar-refractivity contribution in [1.29, 1.82) is 0 Å². The molecule has 0 aliphatic rings. The van der Waals surface area contributed by atoms with Crippen molar-refractivity contribution in [2.24, 2.45) is 0 Å². The number of rotatable bonds is 1. The van der Waals surface area contributed by atoms with E-state index in [-0.39, 0.29) is 5.82 Å². The van der Waals surface area contributed by atoms with Gasteiger partial charge in [0.2, 0.25) is 0 Å². The standard InChI is InChI=1S/C7H5BrFI/c8-4-5-1-6(9)3-7(10)2-5/h1-3H,4H2. The molecule has 1 aromatic rings. The molecule has 0 atom stereocenters. The molecule has 0 saturated heterocycles. The van der Waals surface area contributed by atoms with Crippen LogP contribution in [0.5, 0.6) is 0 Å². The highest BCUT2D eigenvalue weighted by molar-refractivity contribution is 14.1. The average Bonchev–Trinajstić information content (AvgIpc) is 1.85. The third kappa shape index (κ3) is 2.20. The molecule has 0 aliphatic carbocycles. The van der Waals surface area contributed by atoms with Crippen molar-refractivity contribution in [3.63, 3.8) is 0 Å². The minimum Gasteiger partial charge on any atom is -0.207 e. The van der Waals surface area contributed by atoms with Crippen LogP contribution >= 0.6 is 38.5 Å². The molecule has 0 amide bonds. The van der Waals surface area contributed by atoms with Crippen molar-refractivity contribution in [3.8, 4) is 0 Å². The first kappa shape index (κ1) is 8.46. The predicted molar refractivity (Wildman–Crippen MR) is 51.7 cm³/mol. The molecule has 0 unspecified atom stereocenters. The lowest BCUT2D eigenvalue weighted by molar-refractivity contribution is 0.625. The van der Waals surface area contributed by atoms with E-state index >= 15 is 0 Å². The molecule has 0 aliphatic heterocycles. The van der Waals surface area contributed by atoms with Gasteiger partial charge in [0, 0.05) is 8.90 Å². The topological polar surface area (TPSA) is 0 Å². The van der Waals surface area contributed by atoms with Gasteiger partial charge in [0.05, 0.1) is 0 Å². The van der Waals surface area contributed by atoms with Crippen LogP contribution in [0.15, 0.2) is 18.2 Å². The average molecular weight is 315 g/mol. The van der Waals surface area contributed by atoms with Crippen molar-refractivity contribution >= 4 is 38.5 Å². The first-order valence-corrected chi connectivity index (χ1v) is 4.93. The molecule has 0 nitrogen and oxygen atoms in total. The third-order valence-corrected chi connectivity index (χ3v) is 2.35. The van der Waals surface area contributed by atoms with E-state index in [0.29, 0.717) is 5.33 Å². The molecule has 0 fully saturated rings. The van der Waals surface area contributed by atoms with Crippen LogP contribution in [0.2, 0.25) is 0 Å². The summed E-state index contributed by atoms with van der Waals surface area (Å²) in [4.78, 5) is 0. The molecule has 0 heterocycles. The summed E-state index contributed by atoms with van der Waals surface area (Å²) >= 11 is 5.35. The monoisotopic (exact) mass is 314 g/mol. The summed E-state index contributed by atoms with van der Waals surface area (Å²) in [7, 11) is 0. The van der Waals surface area contributed by atoms with E-state index in [1.165, 1.54) is 12.1 Å². The SMILES string of the molecule is Fc1cc(I)cc(CBr)c1. The van der Waals surface area contributed by atoms with Gasteiger partial charge in [0.25, 0.3) is 0 Å². The Morgan fingerprint density at radius 3 is 2.60 bits per heavy atom. The van der Waals surface area contributed by atoms with Crippen LogP contribution in [0.4, 0.5) is 4.39 Å². The smallest absolute Gasteiger partial charge is 0.124 e. The maximum absolute atomic E-state index is 12.6. The Hall–Kier alpha value is 0.360. The zero-order valence-corrected chi connectivity index (χ0v) is 8.82. The molecule has 0 N–H and O–H groups in total. The maximum atomic E-state index is 12.6. The van der Waals surface area contributed by atoms with Crippen LogP contribution in [-0.2, 0) is 5.33 Å². The van der Waals surface area contributed by atoms with Crippen molar-refractivity contribution in [2.75, 3.05) is 0 Å². The van der Waals surface area contributed by atoms with Crippen LogP contribution in [0, 0.1) is 9.39 Å². The molecule has 1 aromatic carbocycles. The summed E-state index contributed by atoms with van der Waals surface area (Å²) in [5.74, 6) is -0.165. The number of halogens is 3. The fourth-order valence-corrected chi connectivity index (χ4v) is 1.71. The quantitative estimate of drug-likeness (QED) is 0.551. The summed E-state index contributed by atoms with van der Waals surface area (Å²) in [6, 6.07) is 4.97. The summed E-state index contributed by atoms with van der Waals surface area (Å²) in [5, 5.41) is 0.709. The second kappa shape index (κ2) is 3.67. The lowest BCUT2D eigenvalue weighted by Crippen LogP contribution is -1.82. The highest BCUT2D eigenvalue weighted by atomic mass is 127. The first-order chi connectivity index (χ1) is 4.72. The summed E-state index contributed by atoms with van der Waals surface area (Å²) < 4.78 is 13.5. The van der Waals surface area contributed by atoms with Gasteiger partial charge in [-0.2, -0.15) is 0 Å². The molecule has 10 heavy (non-hydrogen) atoms. The van der Waals surface area contributed by atoms with E-state index in [1.807, 2.05) is 6.07 Å². The van der Waals surface area contributed by atoms with E-state index < -0.39 is 0 Å². The molecule has 1 rings (SSSR count). The molecule has 3 heteroatoms. The van der Waals surface area contributed by atoms with Gasteiger partial charge >= 0.3 is 0 Å². The Bertz CT molecular complexity index is 217. The fraction of sp³-hybridized carbons (Fsp3) is 0.143. The van der Waals surface area contributed by atoms with Gasteiger partial charge in [-0.05, 0) is 46.4 Å². The van der Waals surface area contributed by atoms with Crippen LogP contribution in [0.3, 0.4) is 0 Å². The van der Waals surface area contributed by atoms with Gasteiger partial charge in [-0.3, -0.25) is 0 Å². The van der Waals surface area contributed by atoms with Gasteiger partial charge < -0.3 is 0 Å². The maximum Gasteiger partial charge on any atom is 0.124 e. The van der Waals surface area contributed by atoms with Gasteiger partial charge in [-0.15, -0.1) is 0 Å². The van der Waals surface area contributed by atoms with Gasteiger partial charge in [0.1, 0.15) is 5.82 Å². The molecule has 54 valence electrons. The predicted octanol–water partition coefficient (Wildman–Crippen LogP) is 3.33. The van der Waals surface area contributed by atoms with E-state index in [2.05, 4.69) is 38.5 Å². The van der Waals surface area contributed by atoms with Crippen LogP contribution < -0.4 is 0 Å².